The van der Waals surface area contributed by atoms with Gasteiger partial charge in [-0.1, -0.05) is 32.3 Å². The van der Waals surface area contributed by atoms with Crippen LogP contribution in [0.1, 0.15) is 50.3 Å². The molecular weight excluding hydrogens is 260 g/mol. The highest BCUT2D eigenvalue weighted by Crippen LogP contribution is 2.26. The quantitative estimate of drug-likeness (QED) is 0.661. The lowest BCUT2D eigenvalue weighted by Crippen LogP contribution is -2.45. The molecule has 2 N–H and O–H groups in total. The van der Waals surface area contributed by atoms with E-state index in [0.29, 0.717) is 6.04 Å². The fourth-order valence-electron chi connectivity index (χ4n) is 3.05. The van der Waals surface area contributed by atoms with Crippen LogP contribution in [0.5, 0.6) is 0 Å². The Morgan fingerprint density at radius 1 is 1.43 bits per heavy atom. The first kappa shape index (κ1) is 15.8. The molecule has 21 heavy (non-hydrogen) atoms. The van der Waals surface area contributed by atoms with Gasteiger partial charge in [-0.3, -0.25) is 9.98 Å². The zero-order valence-corrected chi connectivity index (χ0v) is 13.5. The molecule has 1 fully saturated rings. The van der Waals surface area contributed by atoms with Crippen LogP contribution in [0.15, 0.2) is 23.3 Å². The molecule has 4 heteroatoms. The Morgan fingerprint density at radius 3 is 3.00 bits per heavy atom. The van der Waals surface area contributed by atoms with E-state index < -0.39 is 0 Å². The molecule has 2 atom stereocenters. The number of hydrogen-bond acceptors (Lipinski definition) is 2. The lowest BCUT2D eigenvalue weighted by Gasteiger charge is -2.30. The first-order chi connectivity index (χ1) is 10.2. The van der Waals surface area contributed by atoms with Crippen molar-refractivity contribution in [1.29, 1.82) is 0 Å². The van der Waals surface area contributed by atoms with Crippen molar-refractivity contribution >= 4 is 5.96 Å². The van der Waals surface area contributed by atoms with Gasteiger partial charge in [-0.15, -0.1) is 0 Å². The molecule has 2 rings (SSSR count). The van der Waals surface area contributed by atoms with Crippen LogP contribution >= 0.6 is 0 Å². The molecule has 2 unspecified atom stereocenters. The van der Waals surface area contributed by atoms with Crippen LogP contribution in [0.25, 0.3) is 0 Å². The summed E-state index contributed by atoms with van der Waals surface area (Å²) in [5, 5.41) is 6.95. The van der Waals surface area contributed by atoms with Crippen molar-refractivity contribution < 1.29 is 0 Å². The second kappa shape index (κ2) is 8.01. The van der Waals surface area contributed by atoms with Gasteiger partial charge in [0.15, 0.2) is 5.96 Å². The number of aliphatic imine (C=N–C) groups is 1. The third kappa shape index (κ3) is 4.73. The third-order valence-corrected chi connectivity index (χ3v) is 4.47. The predicted molar refractivity (Wildman–Crippen MR) is 88.3 cm³/mol. The Kier molecular flexibility index (Phi) is 6.03. The maximum absolute atomic E-state index is 4.41. The van der Waals surface area contributed by atoms with Crippen LogP contribution in [0.4, 0.5) is 0 Å². The fraction of sp³-hybridized carbons (Fsp3) is 0.647. The van der Waals surface area contributed by atoms with Gasteiger partial charge >= 0.3 is 0 Å². The molecule has 0 amide bonds. The minimum Gasteiger partial charge on any atom is -0.354 e. The highest BCUT2D eigenvalue weighted by atomic mass is 15.2. The van der Waals surface area contributed by atoms with Crippen LogP contribution in [-0.4, -0.2) is 24.0 Å². The molecule has 0 saturated heterocycles. The Morgan fingerprint density at radius 2 is 2.29 bits per heavy atom. The van der Waals surface area contributed by atoms with Gasteiger partial charge in [-0.2, -0.15) is 0 Å². The molecule has 0 radical (unpaired) electrons. The van der Waals surface area contributed by atoms with Gasteiger partial charge in [0.2, 0.25) is 0 Å². The van der Waals surface area contributed by atoms with Gasteiger partial charge in [0.1, 0.15) is 0 Å². The summed E-state index contributed by atoms with van der Waals surface area (Å²) >= 11 is 0. The van der Waals surface area contributed by atoms with Crippen molar-refractivity contribution in [1.82, 2.24) is 15.6 Å². The molecule has 1 saturated carbocycles. The normalized spacial score (nSPS) is 22.9. The number of hydrogen-bond donors (Lipinski definition) is 2. The molecular formula is C17H28N4. The van der Waals surface area contributed by atoms with E-state index in [1.807, 2.05) is 19.3 Å². The van der Waals surface area contributed by atoms with Gasteiger partial charge in [0, 0.05) is 19.3 Å². The molecule has 1 aliphatic rings. The first-order valence-corrected chi connectivity index (χ1v) is 8.10. The molecule has 1 aliphatic carbocycles. The molecule has 0 aromatic carbocycles. The van der Waals surface area contributed by atoms with Crippen LogP contribution in [0.3, 0.4) is 0 Å². The number of aromatic nitrogens is 1. The van der Waals surface area contributed by atoms with Gasteiger partial charge in [0.05, 0.1) is 12.2 Å². The van der Waals surface area contributed by atoms with E-state index in [4.69, 9.17) is 0 Å². The van der Waals surface area contributed by atoms with Gasteiger partial charge in [0.25, 0.3) is 0 Å². The summed E-state index contributed by atoms with van der Waals surface area (Å²) in [6, 6.07) is 4.62. The zero-order valence-electron chi connectivity index (χ0n) is 13.5. The lowest BCUT2D eigenvalue weighted by molar-refractivity contribution is 0.298. The van der Waals surface area contributed by atoms with Crippen molar-refractivity contribution in [2.75, 3.05) is 7.05 Å². The standard InChI is InChI=1S/C17H28N4/c1-4-14-8-5-9-15(11-14)21-17(18-3)20-12-16-13(2)7-6-10-19-16/h6-7,10,14-15H,4-5,8-9,11-12H2,1-3H3,(H2,18,20,21). The summed E-state index contributed by atoms with van der Waals surface area (Å²) < 4.78 is 0. The Balaban J connectivity index is 1.85. The van der Waals surface area contributed by atoms with Crippen LogP contribution in [0.2, 0.25) is 0 Å². The molecule has 4 nitrogen and oxygen atoms in total. The highest BCUT2D eigenvalue weighted by Gasteiger charge is 2.21. The number of aryl methyl sites for hydroxylation is 1. The summed E-state index contributed by atoms with van der Waals surface area (Å²) in [6.07, 6.45) is 8.35. The van der Waals surface area contributed by atoms with E-state index in [0.717, 1.165) is 24.1 Å². The van der Waals surface area contributed by atoms with E-state index in [2.05, 4.69) is 40.5 Å². The minimum absolute atomic E-state index is 0.555. The number of nitrogens with zero attached hydrogens (tertiary/aromatic N) is 2. The number of nitrogens with one attached hydrogen (secondary N) is 2. The van der Waals surface area contributed by atoms with Crippen molar-refractivity contribution in [2.45, 2.75) is 58.5 Å². The van der Waals surface area contributed by atoms with Crippen LogP contribution in [0, 0.1) is 12.8 Å². The van der Waals surface area contributed by atoms with Crippen molar-refractivity contribution in [2.24, 2.45) is 10.9 Å². The van der Waals surface area contributed by atoms with E-state index in [1.165, 1.54) is 37.7 Å². The zero-order chi connectivity index (χ0) is 15.1. The average Bonchev–Trinajstić information content (AvgIpc) is 2.53. The molecule has 0 aliphatic heterocycles. The van der Waals surface area contributed by atoms with Crippen molar-refractivity contribution in [3.63, 3.8) is 0 Å². The van der Waals surface area contributed by atoms with Crippen LogP contribution < -0.4 is 10.6 Å². The Hall–Kier alpha value is -1.58. The van der Waals surface area contributed by atoms with E-state index in [-0.39, 0.29) is 0 Å². The molecule has 0 spiro atoms. The third-order valence-electron chi connectivity index (χ3n) is 4.47. The van der Waals surface area contributed by atoms with Gasteiger partial charge in [-0.05, 0) is 37.3 Å². The Labute approximate surface area is 128 Å². The van der Waals surface area contributed by atoms with E-state index in [9.17, 15) is 0 Å². The second-order valence-electron chi connectivity index (χ2n) is 5.97. The number of guanidine groups is 1. The summed E-state index contributed by atoms with van der Waals surface area (Å²) in [6.45, 7) is 5.10. The summed E-state index contributed by atoms with van der Waals surface area (Å²) in [7, 11) is 1.83. The molecule has 1 heterocycles. The van der Waals surface area contributed by atoms with E-state index >= 15 is 0 Å². The SMILES string of the molecule is CCC1CCCC(NC(=NC)NCc2ncccc2C)C1. The Bertz CT molecular complexity index is 470. The summed E-state index contributed by atoms with van der Waals surface area (Å²) in [5.74, 6) is 1.76. The first-order valence-electron chi connectivity index (χ1n) is 8.10. The molecule has 116 valence electrons. The smallest absolute Gasteiger partial charge is 0.191 e. The van der Waals surface area contributed by atoms with Gasteiger partial charge < -0.3 is 10.6 Å². The topological polar surface area (TPSA) is 49.3 Å². The van der Waals surface area contributed by atoms with Crippen molar-refractivity contribution in [3.05, 3.63) is 29.6 Å². The molecule has 0 bridgehead atoms. The summed E-state index contributed by atoms with van der Waals surface area (Å²) in [4.78, 5) is 8.76. The minimum atomic E-state index is 0.555. The number of pyridine rings is 1. The lowest BCUT2D eigenvalue weighted by atomic mass is 9.84. The fourth-order valence-corrected chi connectivity index (χ4v) is 3.05. The van der Waals surface area contributed by atoms with Gasteiger partial charge in [-0.25, -0.2) is 0 Å². The number of rotatable bonds is 4. The predicted octanol–water partition coefficient (Wildman–Crippen LogP) is 3.02. The largest absolute Gasteiger partial charge is 0.354 e. The average molecular weight is 288 g/mol. The second-order valence-corrected chi connectivity index (χ2v) is 5.97. The highest BCUT2D eigenvalue weighted by molar-refractivity contribution is 5.79. The molecule has 1 aromatic rings. The molecule has 1 aromatic heterocycles. The van der Waals surface area contributed by atoms with E-state index in [1.54, 1.807) is 0 Å². The monoisotopic (exact) mass is 288 g/mol. The summed E-state index contributed by atoms with van der Waals surface area (Å²) in [5.41, 5.74) is 2.29. The van der Waals surface area contributed by atoms with Crippen molar-refractivity contribution in [3.8, 4) is 0 Å². The van der Waals surface area contributed by atoms with Crippen LogP contribution in [-0.2, 0) is 6.54 Å². The maximum Gasteiger partial charge on any atom is 0.191 e. The maximum atomic E-state index is 4.41.